The molecule has 1 rings (SSSR count). The number of phenolic OH excluding ortho intramolecular Hbond substituents is 1. The Kier molecular flexibility index (Phi) is 13.0. The van der Waals surface area contributed by atoms with Crippen molar-refractivity contribution in [2.45, 2.75) is 71.1 Å². The number of unbranched alkanes of at least 4 members (excludes halogenated alkanes) is 5. The first kappa shape index (κ1) is 22.1. The minimum Gasteiger partial charge on any atom is -0.508 e. The van der Waals surface area contributed by atoms with E-state index in [0.717, 1.165) is 37.0 Å². The van der Waals surface area contributed by atoms with E-state index in [1.54, 1.807) is 13.2 Å². The van der Waals surface area contributed by atoms with Crippen LogP contribution >= 0.6 is 0 Å². The van der Waals surface area contributed by atoms with Gasteiger partial charge in [-0.2, -0.15) is 0 Å². The number of hydrogen-bond acceptors (Lipinski definition) is 2. The van der Waals surface area contributed by atoms with E-state index in [1.165, 1.54) is 38.5 Å². The van der Waals surface area contributed by atoms with Crippen molar-refractivity contribution in [1.29, 1.82) is 0 Å². The van der Waals surface area contributed by atoms with Crippen molar-refractivity contribution in [2.24, 2.45) is 0 Å². The van der Waals surface area contributed by atoms with Crippen LogP contribution in [0.25, 0.3) is 0 Å². The molecule has 0 radical (unpaired) electrons. The van der Waals surface area contributed by atoms with Gasteiger partial charge < -0.3 is 9.84 Å². The molecule has 0 atom stereocenters. The van der Waals surface area contributed by atoms with Gasteiger partial charge in [-0.25, -0.2) is 0 Å². The number of rotatable bonds is 14. The van der Waals surface area contributed by atoms with Crippen molar-refractivity contribution in [3.63, 3.8) is 0 Å². The van der Waals surface area contributed by atoms with E-state index in [2.05, 4.69) is 43.4 Å². The van der Waals surface area contributed by atoms with Gasteiger partial charge in [0.2, 0.25) is 0 Å². The first-order chi connectivity index (χ1) is 12.8. The molecule has 144 valence electrons. The molecule has 1 aromatic rings. The van der Waals surface area contributed by atoms with Crippen molar-refractivity contribution < 1.29 is 9.84 Å². The first-order valence-electron chi connectivity index (χ1n) is 10.1. The maximum Gasteiger partial charge on any atom is 0.122 e. The molecule has 0 amide bonds. The Bertz CT molecular complexity index is 555. The first-order valence-corrected chi connectivity index (χ1v) is 10.1. The molecule has 0 saturated heterocycles. The van der Waals surface area contributed by atoms with Gasteiger partial charge in [0.1, 0.15) is 11.5 Å². The molecule has 0 aliphatic carbocycles. The van der Waals surface area contributed by atoms with E-state index in [4.69, 9.17) is 4.74 Å². The highest BCUT2D eigenvalue weighted by atomic mass is 16.5. The molecule has 0 bridgehead atoms. The Morgan fingerprint density at radius 2 is 1.46 bits per heavy atom. The maximum atomic E-state index is 9.66. The highest BCUT2D eigenvalue weighted by Crippen LogP contribution is 2.22. The molecule has 0 saturated carbocycles. The minimum atomic E-state index is 0.290. The fourth-order valence-corrected chi connectivity index (χ4v) is 2.85. The van der Waals surface area contributed by atoms with Crippen LogP contribution in [0.4, 0.5) is 0 Å². The van der Waals surface area contributed by atoms with Gasteiger partial charge >= 0.3 is 0 Å². The van der Waals surface area contributed by atoms with E-state index in [1.807, 2.05) is 12.1 Å². The number of aromatic hydroxyl groups is 1. The molecular weight excluding hydrogens is 320 g/mol. The zero-order valence-corrected chi connectivity index (χ0v) is 16.6. The summed E-state index contributed by atoms with van der Waals surface area (Å²) in [6, 6.07) is 5.50. The van der Waals surface area contributed by atoms with Crippen LogP contribution in [0.5, 0.6) is 11.5 Å². The summed E-state index contributed by atoms with van der Waals surface area (Å²) in [7, 11) is 1.63. The van der Waals surface area contributed by atoms with Gasteiger partial charge in [-0.05, 0) is 62.6 Å². The molecule has 0 aromatic heterocycles. The minimum absolute atomic E-state index is 0.290. The Morgan fingerprint density at radius 3 is 2.19 bits per heavy atom. The molecule has 2 nitrogen and oxygen atoms in total. The molecule has 1 aromatic carbocycles. The zero-order valence-electron chi connectivity index (χ0n) is 16.6. The quantitative estimate of drug-likeness (QED) is 0.283. The van der Waals surface area contributed by atoms with Crippen molar-refractivity contribution in [1.82, 2.24) is 0 Å². The second kappa shape index (κ2) is 15.3. The Labute approximate surface area is 160 Å². The van der Waals surface area contributed by atoms with Crippen LogP contribution in [0, 0.1) is 0 Å². The predicted molar refractivity (Wildman–Crippen MR) is 113 cm³/mol. The van der Waals surface area contributed by atoms with Crippen molar-refractivity contribution in [2.75, 3.05) is 7.11 Å². The van der Waals surface area contributed by atoms with Crippen molar-refractivity contribution in [3.05, 3.63) is 60.2 Å². The largest absolute Gasteiger partial charge is 0.508 e. The lowest BCUT2D eigenvalue weighted by atomic mass is 10.0. The monoisotopic (exact) mass is 356 g/mol. The third kappa shape index (κ3) is 11.6. The zero-order chi connectivity index (χ0) is 18.9. The van der Waals surface area contributed by atoms with Gasteiger partial charge in [0.05, 0.1) is 7.11 Å². The van der Waals surface area contributed by atoms with Crippen LogP contribution in [0.3, 0.4) is 0 Å². The third-order valence-corrected chi connectivity index (χ3v) is 4.30. The van der Waals surface area contributed by atoms with E-state index < -0.39 is 0 Å². The predicted octanol–water partition coefficient (Wildman–Crippen LogP) is 7.14. The fourth-order valence-electron chi connectivity index (χ4n) is 2.85. The summed E-state index contributed by atoms with van der Waals surface area (Å²) in [5, 5.41) is 9.66. The molecule has 0 aliphatic heterocycles. The maximum absolute atomic E-state index is 9.66. The molecule has 0 aliphatic rings. The lowest BCUT2D eigenvalue weighted by Gasteiger charge is -2.06. The van der Waals surface area contributed by atoms with E-state index in [-0.39, 0.29) is 0 Å². The Hall–Kier alpha value is -1.96. The van der Waals surface area contributed by atoms with Crippen LogP contribution in [0.2, 0.25) is 0 Å². The highest BCUT2D eigenvalue weighted by molar-refractivity contribution is 5.37. The number of aryl methyl sites for hydroxylation is 1. The topological polar surface area (TPSA) is 29.5 Å². The molecule has 2 heteroatoms. The van der Waals surface area contributed by atoms with Gasteiger partial charge in [0.15, 0.2) is 0 Å². The summed E-state index contributed by atoms with van der Waals surface area (Å²) in [6.07, 6.45) is 25.2. The van der Waals surface area contributed by atoms with Crippen LogP contribution < -0.4 is 4.74 Å². The SMILES string of the molecule is CCC=CCC=CCC=CCCCCCCCc1cc(O)cc(OC)c1. The second-order valence-electron chi connectivity index (χ2n) is 6.64. The number of methoxy groups -OCH3 is 1. The van der Waals surface area contributed by atoms with Crippen LogP contribution in [-0.2, 0) is 6.42 Å². The fraction of sp³-hybridized carbons (Fsp3) is 0.500. The normalized spacial score (nSPS) is 11.9. The summed E-state index contributed by atoms with van der Waals surface area (Å²) in [5.74, 6) is 1.03. The molecule has 0 fully saturated rings. The Balaban J connectivity index is 1.98. The summed E-state index contributed by atoms with van der Waals surface area (Å²) < 4.78 is 5.19. The number of allylic oxidation sites excluding steroid dienone is 6. The van der Waals surface area contributed by atoms with E-state index >= 15 is 0 Å². The average Bonchev–Trinajstić information content (AvgIpc) is 2.64. The van der Waals surface area contributed by atoms with E-state index in [0.29, 0.717) is 5.75 Å². The number of phenols is 1. The lowest BCUT2D eigenvalue weighted by molar-refractivity contribution is 0.406. The highest BCUT2D eigenvalue weighted by Gasteiger charge is 2.00. The molecule has 0 unspecified atom stereocenters. The molecule has 1 N–H and O–H groups in total. The summed E-state index contributed by atoms with van der Waals surface area (Å²) in [6.45, 7) is 2.16. The van der Waals surface area contributed by atoms with Crippen LogP contribution in [0.15, 0.2) is 54.7 Å². The lowest BCUT2D eigenvalue weighted by Crippen LogP contribution is -1.89. The van der Waals surface area contributed by atoms with Crippen molar-refractivity contribution >= 4 is 0 Å². The van der Waals surface area contributed by atoms with Gasteiger partial charge in [-0.15, -0.1) is 0 Å². The summed E-state index contributed by atoms with van der Waals surface area (Å²) in [4.78, 5) is 0. The standard InChI is InChI=1S/C24H36O2/c1-3-4-5-6-7-8-9-10-11-12-13-14-15-16-17-18-22-19-23(25)21-24(20-22)26-2/h4-5,7-8,10-11,19-21,25H,3,6,9,12-18H2,1-2H3. The summed E-state index contributed by atoms with van der Waals surface area (Å²) >= 11 is 0. The molecular formula is C24H36O2. The number of ether oxygens (including phenoxy) is 1. The molecule has 0 spiro atoms. The van der Waals surface area contributed by atoms with Crippen LogP contribution in [0.1, 0.15) is 70.3 Å². The van der Waals surface area contributed by atoms with Crippen LogP contribution in [-0.4, -0.2) is 12.2 Å². The molecule has 26 heavy (non-hydrogen) atoms. The van der Waals surface area contributed by atoms with Gasteiger partial charge in [0.25, 0.3) is 0 Å². The van der Waals surface area contributed by atoms with E-state index in [9.17, 15) is 5.11 Å². The summed E-state index contributed by atoms with van der Waals surface area (Å²) in [5.41, 5.74) is 1.16. The average molecular weight is 357 g/mol. The van der Waals surface area contributed by atoms with Gasteiger partial charge in [-0.1, -0.05) is 62.6 Å². The van der Waals surface area contributed by atoms with Crippen molar-refractivity contribution in [3.8, 4) is 11.5 Å². The number of hydrogen-bond donors (Lipinski definition) is 1. The van der Waals surface area contributed by atoms with Gasteiger partial charge in [0, 0.05) is 6.07 Å². The van der Waals surface area contributed by atoms with Gasteiger partial charge in [-0.3, -0.25) is 0 Å². The Morgan fingerprint density at radius 1 is 0.808 bits per heavy atom. The third-order valence-electron chi connectivity index (χ3n) is 4.30. The number of benzene rings is 1. The second-order valence-corrected chi connectivity index (χ2v) is 6.64. The smallest absolute Gasteiger partial charge is 0.122 e. The molecule has 0 heterocycles.